The van der Waals surface area contributed by atoms with E-state index in [0.717, 1.165) is 17.0 Å². The standard InChI is InChI=1S/C13H13N5O.H2O/c1-9-4-3-5-11(6-9)13-15-12(19-17-13)7-18-8-14-10(2)16-18;/h3-6,8H,7H2,1-2H3;1H2. The normalized spacial score (nSPS) is 10.3. The van der Waals surface area contributed by atoms with Gasteiger partial charge in [-0.1, -0.05) is 28.9 Å². The molecule has 20 heavy (non-hydrogen) atoms. The summed E-state index contributed by atoms with van der Waals surface area (Å²) < 4.78 is 6.89. The van der Waals surface area contributed by atoms with E-state index in [2.05, 4.69) is 20.2 Å². The maximum absolute atomic E-state index is 5.22. The number of aryl methyl sites for hydroxylation is 2. The van der Waals surface area contributed by atoms with E-state index >= 15 is 0 Å². The van der Waals surface area contributed by atoms with Gasteiger partial charge in [-0.3, -0.25) is 0 Å². The Morgan fingerprint density at radius 3 is 2.80 bits per heavy atom. The second kappa shape index (κ2) is 5.62. The molecule has 2 N–H and O–H groups in total. The highest BCUT2D eigenvalue weighted by atomic mass is 16.5. The topological polar surface area (TPSA) is 101 Å². The van der Waals surface area contributed by atoms with Crippen LogP contribution >= 0.6 is 0 Å². The molecule has 0 aliphatic heterocycles. The summed E-state index contributed by atoms with van der Waals surface area (Å²) in [5, 5.41) is 8.16. The van der Waals surface area contributed by atoms with Crippen LogP contribution in [0.2, 0.25) is 0 Å². The van der Waals surface area contributed by atoms with Crippen LogP contribution < -0.4 is 0 Å². The van der Waals surface area contributed by atoms with Crippen molar-refractivity contribution < 1.29 is 10.00 Å². The first-order chi connectivity index (χ1) is 9.20. The van der Waals surface area contributed by atoms with E-state index in [-0.39, 0.29) is 5.48 Å². The summed E-state index contributed by atoms with van der Waals surface area (Å²) in [4.78, 5) is 8.41. The third-order valence-corrected chi connectivity index (χ3v) is 2.69. The van der Waals surface area contributed by atoms with Crippen LogP contribution in [0.4, 0.5) is 0 Å². The Morgan fingerprint density at radius 2 is 2.10 bits per heavy atom. The molecule has 0 bridgehead atoms. The van der Waals surface area contributed by atoms with E-state index in [9.17, 15) is 0 Å². The van der Waals surface area contributed by atoms with Gasteiger partial charge in [-0.2, -0.15) is 10.1 Å². The molecule has 3 rings (SSSR count). The molecule has 2 aromatic heterocycles. The highest BCUT2D eigenvalue weighted by molar-refractivity contribution is 5.55. The molecule has 3 aromatic rings. The second-order valence-corrected chi connectivity index (χ2v) is 4.37. The fraction of sp³-hybridized carbons (Fsp3) is 0.231. The van der Waals surface area contributed by atoms with Crippen LogP contribution in [0.3, 0.4) is 0 Å². The molecule has 0 saturated heterocycles. The van der Waals surface area contributed by atoms with E-state index in [1.807, 2.05) is 38.1 Å². The zero-order chi connectivity index (χ0) is 13.2. The average molecular weight is 273 g/mol. The van der Waals surface area contributed by atoms with Gasteiger partial charge in [0.05, 0.1) is 0 Å². The lowest BCUT2D eigenvalue weighted by molar-refractivity contribution is 0.366. The fourth-order valence-electron chi connectivity index (χ4n) is 1.82. The summed E-state index contributed by atoms with van der Waals surface area (Å²) in [6, 6.07) is 7.99. The number of aromatic nitrogens is 5. The van der Waals surface area contributed by atoms with Crippen molar-refractivity contribution in [3.63, 3.8) is 0 Å². The van der Waals surface area contributed by atoms with Crippen LogP contribution in [-0.2, 0) is 6.54 Å². The molecule has 104 valence electrons. The lowest BCUT2D eigenvalue weighted by Crippen LogP contribution is -2.00. The van der Waals surface area contributed by atoms with Gasteiger partial charge in [-0.15, -0.1) is 0 Å². The summed E-state index contributed by atoms with van der Waals surface area (Å²) >= 11 is 0. The smallest absolute Gasteiger partial charge is 0.248 e. The van der Waals surface area contributed by atoms with E-state index in [0.29, 0.717) is 18.3 Å². The number of hydrogen-bond acceptors (Lipinski definition) is 5. The van der Waals surface area contributed by atoms with Crippen LogP contribution in [-0.4, -0.2) is 30.4 Å². The monoisotopic (exact) mass is 273 g/mol. The average Bonchev–Trinajstić information content (AvgIpc) is 2.99. The summed E-state index contributed by atoms with van der Waals surface area (Å²) in [6.07, 6.45) is 1.64. The van der Waals surface area contributed by atoms with Crippen molar-refractivity contribution >= 4 is 0 Å². The SMILES string of the molecule is Cc1cccc(-c2noc(Cn3cnc(C)n3)n2)c1.O. The molecule has 0 spiro atoms. The third kappa shape index (κ3) is 2.89. The van der Waals surface area contributed by atoms with E-state index in [1.54, 1.807) is 11.0 Å². The van der Waals surface area contributed by atoms with E-state index < -0.39 is 0 Å². The van der Waals surface area contributed by atoms with Crippen molar-refractivity contribution in [3.8, 4) is 11.4 Å². The van der Waals surface area contributed by atoms with Crippen molar-refractivity contribution in [1.29, 1.82) is 0 Å². The summed E-state index contributed by atoms with van der Waals surface area (Å²) in [5.74, 6) is 1.83. The van der Waals surface area contributed by atoms with Crippen molar-refractivity contribution in [2.24, 2.45) is 0 Å². The Bertz CT molecular complexity index is 704. The van der Waals surface area contributed by atoms with Gasteiger partial charge in [0.2, 0.25) is 11.7 Å². The Balaban J connectivity index is 0.00000147. The van der Waals surface area contributed by atoms with Crippen LogP contribution in [0.1, 0.15) is 17.3 Å². The maximum atomic E-state index is 5.22. The molecule has 7 nitrogen and oxygen atoms in total. The minimum absolute atomic E-state index is 0. The van der Waals surface area contributed by atoms with Gasteiger partial charge in [0.25, 0.3) is 0 Å². The van der Waals surface area contributed by atoms with Crippen LogP contribution in [0.5, 0.6) is 0 Å². The Kier molecular flexibility index (Phi) is 3.90. The molecule has 1 aromatic carbocycles. The summed E-state index contributed by atoms with van der Waals surface area (Å²) in [5.41, 5.74) is 2.11. The van der Waals surface area contributed by atoms with E-state index in [1.165, 1.54) is 0 Å². The first-order valence-electron chi connectivity index (χ1n) is 5.96. The molecule has 0 saturated carbocycles. The molecule has 0 aliphatic carbocycles. The number of rotatable bonds is 3. The van der Waals surface area contributed by atoms with Gasteiger partial charge in [-0.05, 0) is 19.9 Å². The number of nitrogens with zero attached hydrogens (tertiary/aromatic N) is 5. The van der Waals surface area contributed by atoms with Crippen molar-refractivity contribution in [2.75, 3.05) is 0 Å². The van der Waals surface area contributed by atoms with Gasteiger partial charge < -0.3 is 10.00 Å². The maximum Gasteiger partial charge on any atom is 0.248 e. The molecule has 7 heteroatoms. The van der Waals surface area contributed by atoms with Gasteiger partial charge in [0, 0.05) is 5.56 Å². The molecular weight excluding hydrogens is 258 g/mol. The minimum Gasteiger partial charge on any atom is -0.412 e. The quantitative estimate of drug-likeness (QED) is 0.712. The highest BCUT2D eigenvalue weighted by Crippen LogP contribution is 2.17. The summed E-state index contributed by atoms with van der Waals surface area (Å²) in [7, 11) is 0. The largest absolute Gasteiger partial charge is 0.412 e. The molecule has 0 unspecified atom stereocenters. The second-order valence-electron chi connectivity index (χ2n) is 4.37. The molecule has 0 radical (unpaired) electrons. The predicted molar refractivity (Wildman–Crippen MR) is 71.9 cm³/mol. The first kappa shape index (κ1) is 13.9. The lowest BCUT2D eigenvalue weighted by Gasteiger charge is -1.95. The summed E-state index contributed by atoms with van der Waals surface area (Å²) in [6.45, 7) is 4.30. The Hall–Kier alpha value is -2.54. The number of benzene rings is 1. The Labute approximate surface area is 115 Å². The molecule has 0 amide bonds. The van der Waals surface area contributed by atoms with Crippen molar-refractivity contribution in [1.82, 2.24) is 24.9 Å². The van der Waals surface area contributed by atoms with Crippen LogP contribution in [0, 0.1) is 13.8 Å². The molecule has 0 atom stereocenters. The van der Waals surface area contributed by atoms with E-state index in [4.69, 9.17) is 4.52 Å². The van der Waals surface area contributed by atoms with Crippen LogP contribution in [0.25, 0.3) is 11.4 Å². The van der Waals surface area contributed by atoms with Gasteiger partial charge in [0.15, 0.2) is 0 Å². The lowest BCUT2D eigenvalue weighted by atomic mass is 10.1. The minimum atomic E-state index is 0. The zero-order valence-corrected chi connectivity index (χ0v) is 11.2. The predicted octanol–water partition coefficient (Wildman–Crippen LogP) is 1.17. The van der Waals surface area contributed by atoms with Crippen molar-refractivity contribution in [3.05, 3.63) is 47.9 Å². The highest BCUT2D eigenvalue weighted by Gasteiger charge is 2.09. The fourth-order valence-corrected chi connectivity index (χ4v) is 1.82. The van der Waals surface area contributed by atoms with Gasteiger partial charge >= 0.3 is 0 Å². The first-order valence-corrected chi connectivity index (χ1v) is 5.96. The van der Waals surface area contributed by atoms with Crippen molar-refractivity contribution in [2.45, 2.75) is 20.4 Å². The van der Waals surface area contributed by atoms with Gasteiger partial charge in [0.1, 0.15) is 18.7 Å². The Morgan fingerprint density at radius 1 is 1.25 bits per heavy atom. The molecule has 0 aliphatic rings. The number of hydrogen-bond donors (Lipinski definition) is 0. The van der Waals surface area contributed by atoms with Crippen LogP contribution in [0.15, 0.2) is 35.1 Å². The van der Waals surface area contributed by atoms with Gasteiger partial charge in [-0.25, -0.2) is 9.67 Å². The molecule has 2 heterocycles. The zero-order valence-electron chi connectivity index (χ0n) is 11.2. The third-order valence-electron chi connectivity index (χ3n) is 2.69. The molecular formula is C13H15N5O2. The molecule has 0 fully saturated rings.